The number of benzene rings is 1. The van der Waals surface area contributed by atoms with Gasteiger partial charge in [0.1, 0.15) is 5.75 Å². The van der Waals surface area contributed by atoms with Gasteiger partial charge in [0.05, 0.1) is 0 Å². The van der Waals surface area contributed by atoms with Gasteiger partial charge in [-0.3, -0.25) is 4.79 Å². The summed E-state index contributed by atoms with van der Waals surface area (Å²) in [6, 6.07) is 3.99. The molecule has 0 aliphatic heterocycles. The molecule has 1 N–H and O–H groups in total. The highest BCUT2D eigenvalue weighted by Gasteiger charge is 2.25. The highest BCUT2D eigenvalue weighted by molar-refractivity contribution is 5.78. The predicted molar refractivity (Wildman–Crippen MR) is 61.9 cm³/mol. The highest BCUT2D eigenvalue weighted by atomic mass is 19.3. The molecule has 0 aliphatic carbocycles. The second-order valence-corrected chi connectivity index (χ2v) is 3.62. The molecule has 19 heavy (non-hydrogen) atoms. The number of alkyl halides is 2. The fourth-order valence-electron chi connectivity index (χ4n) is 1.63. The number of ether oxygens (including phenoxy) is 1. The Balaban J connectivity index is 2.97. The smallest absolute Gasteiger partial charge is 0.387 e. The van der Waals surface area contributed by atoms with Crippen molar-refractivity contribution in [3.05, 3.63) is 29.8 Å². The number of halogens is 2. The topological polar surface area (TPSA) is 66.8 Å². The molecule has 1 rings (SSSR count). The van der Waals surface area contributed by atoms with Gasteiger partial charge in [0.25, 0.3) is 0 Å². The largest absolute Gasteiger partial charge is 0.479 e. The second-order valence-electron chi connectivity index (χ2n) is 3.62. The Labute approximate surface area is 108 Å². The van der Waals surface area contributed by atoms with Crippen LogP contribution in [0.15, 0.2) is 24.3 Å². The lowest BCUT2D eigenvalue weighted by atomic mass is 10.1. The number of carbonyl (C=O) groups excluding carboxylic acids is 1. The average molecular weight is 273 g/mol. The number of amides is 1. The molecule has 0 heterocycles. The summed E-state index contributed by atoms with van der Waals surface area (Å²) in [7, 11) is 0. The molecule has 1 aromatic rings. The number of likely N-dealkylation sites (N-methyl/N-ethyl adjacent to an activating group) is 1. The fraction of sp³-hybridized carbons (Fsp3) is 0.333. The lowest BCUT2D eigenvalue weighted by molar-refractivity contribution is -0.146. The number of carboxylic acids is 1. The first-order chi connectivity index (χ1) is 8.99. The maximum Gasteiger partial charge on any atom is 0.387 e. The van der Waals surface area contributed by atoms with Crippen LogP contribution in [0.3, 0.4) is 0 Å². The minimum absolute atomic E-state index is 0.0722. The number of aliphatic carboxylic acids is 1. The summed E-state index contributed by atoms with van der Waals surface area (Å²) in [5.41, 5.74) is 0.308. The van der Waals surface area contributed by atoms with Crippen LogP contribution >= 0.6 is 0 Å². The van der Waals surface area contributed by atoms with Crippen molar-refractivity contribution in [1.29, 1.82) is 0 Å². The third kappa shape index (κ3) is 3.90. The van der Waals surface area contributed by atoms with Crippen molar-refractivity contribution in [2.24, 2.45) is 0 Å². The summed E-state index contributed by atoms with van der Waals surface area (Å²) < 4.78 is 28.1. The maximum absolute atomic E-state index is 12.0. The van der Waals surface area contributed by atoms with Crippen LogP contribution < -0.4 is 4.74 Å². The molecule has 1 unspecified atom stereocenters. The van der Waals surface area contributed by atoms with Crippen molar-refractivity contribution < 1.29 is 28.2 Å². The van der Waals surface area contributed by atoms with Gasteiger partial charge in [0, 0.05) is 6.54 Å². The molecule has 0 aromatic heterocycles. The molecule has 0 radical (unpaired) electrons. The zero-order chi connectivity index (χ0) is 14.4. The monoisotopic (exact) mass is 273 g/mol. The van der Waals surface area contributed by atoms with Crippen molar-refractivity contribution in [2.45, 2.75) is 19.6 Å². The number of carbonyl (C=O) groups is 2. The van der Waals surface area contributed by atoms with Crippen molar-refractivity contribution >= 4 is 12.4 Å². The third-order valence-electron chi connectivity index (χ3n) is 2.49. The SMILES string of the molecule is CCN(C=O)C(C(=O)O)c1ccc(OC(F)F)cc1. The number of hydrogen-bond acceptors (Lipinski definition) is 3. The Bertz CT molecular complexity index is 436. The Morgan fingerprint density at radius 2 is 2.00 bits per heavy atom. The Morgan fingerprint density at radius 3 is 2.37 bits per heavy atom. The van der Waals surface area contributed by atoms with Gasteiger partial charge in [-0.15, -0.1) is 0 Å². The van der Waals surface area contributed by atoms with Gasteiger partial charge in [-0.05, 0) is 24.6 Å². The van der Waals surface area contributed by atoms with E-state index in [1.54, 1.807) is 6.92 Å². The second kappa shape index (κ2) is 6.67. The van der Waals surface area contributed by atoms with Gasteiger partial charge in [0.2, 0.25) is 6.41 Å². The van der Waals surface area contributed by atoms with Crippen molar-refractivity contribution in [3.63, 3.8) is 0 Å². The van der Waals surface area contributed by atoms with Gasteiger partial charge in [-0.25, -0.2) is 4.79 Å². The van der Waals surface area contributed by atoms with Gasteiger partial charge >= 0.3 is 12.6 Å². The number of carboxylic acid groups (broad SMARTS) is 1. The molecule has 0 aliphatic rings. The molecule has 104 valence electrons. The van der Waals surface area contributed by atoms with Gasteiger partial charge in [-0.2, -0.15) is 8.78 Å². The lowest BCUT2D eigenvalue weighted by Crippen LogP contribution is -2.32. The molecule has 0 bridgehead atoms. The molecule has 1 aromatic carbocycles. The Morgan fingerprint density at radius 1 is 1.42 bits per heavy atom. The summed E-state index contributed by atoms with van der Waals surface area (Å²) >= 11 is 0. The molecule has 5 nitrogen and oxygen atoms in total. The maximum atomic E-state index is 12.0. The quantitative estimate of drug-likeness (QED) is 0.770. The molecule has 0 saturated heterocycles. The van der Waals surface area contributed by atoms with E-state index in [1.165, 1.54) is 24.3 Å². The van der Waals surface area contributed by atoms with E-state index in [4.69, 9.17) is 5.11 Å². The van der Waals surface area contributed by atoms with Crippen molar-refractivity contribution in [3.8, 4) is 5.75 Å². The van der Waals surface area contributed by atoms with Crippen LogP contribution in [0.1, 0.15) is 18.5 Å². The third-order valence-corrected chi connectivity index (χ3v) is 2.49. The number of hydrogen-bond donors (Lipinski definition) is 1. The first-order valence-corrected chi connectivity index (χ1v) is 5.48. The van der Waals surface area contributed by atoms with E-state index in [0.717, 1.165) is 4.90 Å². The predicted octanol–water partition coefficient (Wildman–Crippen LogP) is 1.89. The van der Waals surface area contributed by atoms with Crippen LogP contribution in [0.4, 0.5) is 8.78 Å². The van der Waals surface area contributed by atoms with Crippen LogP contribution in [-0.2, 0) is 9.59 Å². The molecular formula is C12H13F2NO4. The standard InChI is InChI=1S/C12H13F2NO4/c1-2-15(7-16)10(11(17)18)8-3-5-9(6-4-8)19-12(13)14/h3-7,10,12H,2H2,1H3,(H,17,18). The summed E-state index contributed by atoms with van der Waals surface area (Å²) in [6.07, 6.45) is 0.433. The summed E-state index contributed by atoms with van der Waals surface area (Å²) in [5, 5.41) is 9.12. The Hall–Kier alpha value is -2.18. The average Bonchev–Trinajstić information content (AvgIpc) is 2.36. The van der Waals surface area contributed by atoms with E-state index < -0.39 is 18.6 Å². The van der Waals surface area contributed by atoms with E-state index in [0.29, 0.717) is 12.0 Å². The summed E-state index contributed by atoms with van der Waals surface area (Å²) in [6.45, 7) is -1.09. The molecule has 0 fully saturated rings. The molecule has 0 saturated carbocycles. The van der Waals surface area contributed by atoms with Crippen LogP contribution in [0.25, 0.3) is 0 Å². The van der Waals surface area contributed by atoms with E-state index in [2.05, 4.69) is 4.74 Å². The van der Waals surface area contributed by atoms with Gasteiger partial charge < -0.3 is 14.7 Å². The van der Waals surface area contributed by atoms with Crippen LogP contribution in [0, 0.1) is 0 Å². The molecular weight excluding hydrogens is 260 g/mol. The van der Waals surface area contributed by atoms with Gasteiger partial charge in [0.15, 0.2) is 6.04 Å². The van der Waals surface area contributed by atoms with Gasteiger partial charge in [-0.1, -0.05) is 12.1 Å². The van der Waals surface area contributed by atoms with Crippen LogP contribution in [0.5, 0.6) is 5.75 Å². The minimum atomic E-state index is -2.94. The number of rotatable bonds is 7. The zero-order valence-corrected chi connectivity index (χ0v) is 10.1. The summed E-state index contributed by atoms with van der Waals surface area (Å²) in [4.78, 5) is 23.1. The first-order valence-electron chi connectivity index (χ1n) is 5.48. The van der Waals surface area contributed by atoms with Crippen LogP contribution in [0.2, 0.25) is 0 Å². The van der Waals surface area contributed by atoms with Crippen molar-refractivity contribution in [1.82, 2.24) is 4.90 Å². The molecule has 0 spiro atoms. The highest BCUT2D eigenvalue weighted by Crippen LogP contribution is 2.23. The Kier molecular flexibility index (Phi) is 5.23. The molecule has 1 atom stereocenters. The molecule has 1 amide bonds. The van der Waals surface area contributed by atoms with E-state index in [1.807, 2.05) is 0 Å². The molecule has 7 heteroatoms. The van der Waals surface area contributed by atoms with E-state index >= 15 is 0 Å². The normalized spacial score (nSPS) is 12.0. The zero-order valence-electron chi connectivity index (χ0n) is 10.1. The first kappa shape index (κ1) is 14.9. The fourth-order valence-corrected chi connectivity index (χ4v) is 1.63. The van der Waals surface area contributed by atoms with Crippen molar-refractivity contribution in [2.75, 3.05) is 6.54 Å². The summed E-state index contributed by atoms with van der Waals surface area (Å²) in [5.74, 6) is -1.27. The van der Waals surface area contributed by atoms with Crippen LogP contribution in [-0.4, -0.2) is 35.5 Å². The van der Waals surface area contributed by atoms with E-state index in [9.17, 15) is 18.4 Å². The number of nitrogens with zero attached hydrogens (tertiary/aromatic N) is 1. The van der Waals surface area contributed by atoms with E-state index in [-0.39, 0.29) is 12.3 Å². The lowest BCUT2D eigenvalue weighted by Gasteiger charge is -2.23. The minimum Gasteiger partial charge on any atom is -0.479 e.